The second-order valence-corrected chi connectivity index (χ2v) is 8.77. The van der Waals surface area contributed by atoms with Gasteiger partial charge < -0.3 is 9.47 Å². The van der Waals surface area contributed by atoms with E-state index in [1.165, 1.54) is 0 Å². The zero-order valence-corrected chi connectivity index (χ0v) is 17.2. The summed E-state index contributed by atoms with van der Waals surface area (Å²) in [5, 5.41) is 16.7. The van der Waals surface area contributed by atoms with Crippen molar-refractivity contribution in [3.8, 4) is 22.5 Å². The fraction of sp³-hybridized carbons (Fsp3) is 0.333. The minimum absolute atomic E-state index is 0.303. The molecule has 0 spiro atoms. The second-order valence-electron chi connectivity index (χ2n) is 8.77. The van der Waals surface area contributed by atoms with Crippen molar-refractivity contribution in [3.63, 3.8) is 0 Å². The topological polar surface area (TPSA) is 79.7 Å². The molecular weight excluding hydrogens is 388 g/mol. The normalized spacial score (nSPS) is 18.7. The Kier molecular flexibility index (Phi) is 4.33. The number of aromatic nitrogens is 5. The average Bonchev–Trinajstić information content (AvgIpc) is 3.17. The number of nitrogens with zero attached hydrogens (tertiary/aromatic N) is 5. The quantitative estimate of drug-likeness (QED) is 0.541. The number of likely N-dealkylation sites (tertiary alicyclic amines) is 1. The highest BCUT2D eigenvalue weighted by molar-refractivity contribution is 5.84. The lowest BCUT2D eigenvalue weighted by Gasteiger charge is -2.17. The number of hydrogen-bond donors (Lipinski definition) is 1. The number of hydrogen-bond acceptors (Lipinski definition) is 4. The van der Waals surface area contributed by atoms with Crippen molar-refractivity contribution in [2.75, 3.05) is 13.1 Å². The molecule has 2 fully saturated rings. The first-order chi connectivity index (χ1) is 15.2. The lowest BCUT2D eigenvalue weighted by molar-refractivity contribution is -0.131. The molecule has 1 amide bonds. The Morgan fingerprint density at radius 3 is 2.68 bits per heavy atom. The van der Waals surface area contributed by atoms with Gasteiger partial charge in [-0.25, -0.2) is 0 Å². The summed E-state index contributed by atoms with van der Waals surface area (Å²) >= 11 is 0. The van der Waals surface area contributed by atoms with Gasteiger partial charge in [-0.05, 0) is 48.4 Å². The summed E-state index contributed by atoms with van der Waals surface area (Å²) < 4.78 is 2.13. The van der Waals surface area contributed by atoms with Gasteiger partial charge in [0.05, 0.1) is 11.7 Å². The first kappa shape index (κ1) is 18.3. The predicted octanol–water partition coefficient (Wildman–Crippen LogP) is 3.75. The monoisotopic (exact) mass is 412 g/mol. The van der Waals surface area contributed by atoms with Crippen LogP contribution in [0.1, 0.15) is 19.3 Å². The lowest BCUT2D eigenvalue weighted by atomic mass is 10.0. The Morgan fingerprint density at radius 1 is 1.03 bits per heavy atom. The van der Waals surface area contributed by atoms with Gasteiger partial charge in [0, 0.05) is 36.5 Å². The fourth-order valence-corrected chi connectivity index (χ4v) is 4.59. The van der Waals surface area contributed by atoms with Crippen LogP contribution < -0.4 is 0 Å². The van der Waals surface area contributed by atoms with E-state index in [0.29, 0.717) is 17.7 Å². The van der Waals surface area contributed by atoms with Crippen LogP contribution in [0.25, 0.3) is 33.4 Å². The molecule has 1 aliphatic carbocycles. The Morgan fingerprint density at radius 2 is 1.84 bits per heavy atom. The molecule has 31 heavy (non-hydrogen) atoms. The largest absolute Gasteiger partial charge is 0.342 e. The van der Waals surface area contributed by atoms with Crippen molar-refractivity contribution in [2.24, 2.45) is 11.8 Å². The summed E-state index contributed by atoms with van der Waals surface area (Å²) in [5.74, 6) is 2.00. The Bertz CT molecular complexity index is 1240. The molecule has 1 unspecified atom stereocenters. The Balaban J connectivity index is 1.18. The van der Waals surface area contributed by atoms with E-state index in [0.717, 1.165) is 72.3 Å². The molecule has 1 saturated heterocycles. The fourth-order valence-electron chi connectivity index (χ4n) is 4.59. The molecule has 1 aliphatic heterocycles. The summed E-state index contributed by atoms with van der Waals surface area (Å²) in [5.41, 5.74) is 4.41. The number of nitrogens with one attached hydrogen (secondary N) is 1. The third-order valence-electron chi connectivity index (χ3n) is 6.51. The molecule has 2 aliphatic rings. The van der Waals surface area contributed by atoms with Gasteiger partial charge >= 0.3 is 0 Å². The van der Waals surface area contributed by atoms with Crippen molar-refractivity contribution in [1.29, 1.82) is 0 Å². The van der Waals surface area contributed by atoms with Gasteiger partial charge in [-0.15, -0.1) is 10.2 Å². The zero-order valence-electron chi connectivity index (χ0n) is 17.2. The highest BCUT2D eigenvalue weighted by Gasteiger charge is 2.36. The van der Waals surface area contributed by atoms with Crippen LogP contribution in [-0.2, 0) is 11.3 Å². The minimum Gasteiger partial charge on any atom is -0.342 e. The molecule has 0 radical (unpaired) electrons. The molecule has 0 bridgehead atoms. The molecule has 7 nitrogen and oxygen atoms in total. The molecule has 156 valence electrons. The van der Waals surface area contributed by atoms with Crippen molar-refractivity contribution in [1.82, 2.24) is 29.9 Å². The van der Waals surface area contributed by atoms with Crippen LogP contribution >= 0.6 is 0 Å². The number of benzene rings is 2. The third-order valence-corrected chi connectivity index (χ3v) is 6.51. The summed E-state index contributed by atoms with van der Waals surface area (Å²) in [6.07, 6.45) is 6.84. The van der Waals surface area contributed by atoms with Crippen LogP contribution in [0.5, 0.6) is 0 Å². The van der Waals surface area contributed by atoms with E-state index in [2.05, 4.69) is 72.3 Å². The van der Waals surface area contributed by atoms with Crippen LogP contribution in [-0.4, -0.2) is 48.9 Å². The number of carbonyl (C=O) groups excluding carboxylic acids is 1. The highest BCUT2D eigenvalue weighted by atomic mass is 16.2. The molecule has 2 aromatic carbocycles. The van der Waals surface area contributed by atoms with Gasteiger partial charge in [0.25, 0.3) is 0 Å². The maximum atomic E-state index is 12.3. The molecule has 2 aromatic heterocycles. The van der Waals surface area contributed by atoms with E-state index < -0.39 is 0 Å². The Hall–Kier alpha value is -3.48. The molecule has 1 N–H and O–H groups in total. The van der Waals surface area contributed by atoms with Crippen LogP contribution in [0.2, 0.25) is 0 Å². The van der Waals surface area contributed by atoms with E-state index in [1.807, 2.05) is 6.20 Å². The van der Waals surface area contributed by atoms with Crippen LogP contribution in [0.4, 0.5) is 0 Å². The molecule has 4 aromatic rings. The number of amides is 1. The van der Waals surface area contributed by atoms with E-state index in [-0.39, 0.29) is 0 Å². The van der Waals surface area contributed by atoms with Gasteiger partial charge in [-0.3, -0.25) is 9.89 Å². The number of carbonyl (C=O) groups is 1. The predicted molar refractivity (Wildman–Crippen MR) is 118 cm³/mol. The SMILES string of the molecule is O=C(C1CC1)N1CCC(Cn2cnnc2-c2ccc(-c3ccc4[nH]ncc4c3)cc2)C1. The standard InChI is InChI=1S/C24H24N6O/c31-24(19-5-6-19)29-10-9-16(13-29)14-30-15-26-28-23(30)18-3-1-17(2-4-18)20-7-8-22-21(11-20)12-25-27-22/h1-4,7-8,11-12,15-16,19H,5-6,9-10,13-14H2,(H,25,27). The smallest absolute Gasteiger partial charge is 0.225 e. The van der Waals surface area contributed by atoms with Crippen LogP contribution in [0.3, 0.4) is 0 Å². The van der Waals surface area contributed by atoms with Crippen molar-refractivity contribution in [3.05, 3.63) is 55.0 Å². The molecular formula is C24H24N6O. The molecule has 1 saturated carbocycles. The molecule has 1 atom stereocenters. The summed E-state index contributed by atoms with van der Waals surface area (Å²) in [6.45, 7) is 2.57. The van der Waals surface area contributed by atoms with Crippen molar-refractivity contribution >= 4 is 16.8 Å². The van der Waals surface area contributed by atoms with Gasteiger partial charge in [0.1, 0.15) is 6.33 Å². The summed E-state index contributed by atoms with van der Waals surface area (Å²) in [4.78, 5) is 14.4. The molecule has 3 heterocycles. The zero-order chi connectivity index (χ0) is 20.8. The van der Waals surface area contributed by atoms with Gasteiger partial charge in [0.15, 0.2) is 5.82 Å². The maximum Gasteiger partial charge on any atom is 0.225 e. The number of rotatable bonds is 5. The van der Waals surface area contributed by atoms with Gasteiger partial charge in [-0.2, -0.15) is 5.10 Å². The average molecular weight is 412 g/mol. The minimum atomic E-state index is 0.303. The first-order valence-corrected chi connectivity index (χ1v) is 10.9. The van der Waals surface area contributed by atoms with Gasteiger partial charge in [0.2, 0.25) is 5.91 Å². The molecule has 6 rings (SSSR count). The number of H-pyrrole nitrogens is 1. The van der Waals surface area contributed by atoms with Crippen molar-refractivity contribution in [2.45, 2.75) is 25.8 Å². The highest BCUT2D eigenvalue weighted by Crippen LogP contribution is 2.33. The second kappa shape index (κ2) is 7.34. The summed E-state index contributed by atoms with van der Waals surface area (Å²) in [7, 11) is 0. The van der Waals surface area contributed by atoms with E-state index in [4.69, 9.17) is 0 Å². The van der Waals surface area contributed by atoms with Crippen LogP contribution in [0.15, 0.2) is 55.0 Å². The van der Waals surface area contributed by atoms with Crippen LogP contribution in [0, 0.1) is 11.8 Å². The van der Waals surface area contributed by atoms with E-state index in [1.54, 1.807) is 6.33 Å². The lowest BCUT2D eigenvalue weighted by Crippen LogP contribution is -2.30. The Labute approximate surface area is 180 Å². The maximum absolute atomic E-state index is 12.3. The number of fused-ring (bicyclic) bond motifs is 1. The third kappa shape index (κ3) is 3.50. The van der Waals surface area contributed by atoms with Crippen molar-refractivity contribution < 1.29 is 4.79 Å². The van der Waals surface area contributed by atoms with E-state index in [9.17, 15) is 4.79 Å². The van der Waals surface area contributed by atoms with Gasteiger partial charge in [-0.1, -0.05) is 30.3 Å². The molecule has 7 heteroatoms. The number of aromatic amines is 1. The summed E-state index contributed by atoms with van der Waals surface area (Å²) in [6, 6.07) is 14.8. The first-order valence-electron chi connectivity index (χ1n) is 10.9. The van der Waals surface area contributed by atoms with E-state index >= 15 is 0 Å².